The molecule has 0 radical (unpaired) electrons. The molecule has 1 aromatic rings. The third-order valence-electron chi connectivity index (χ3n) is 5.20. The van der Waals surface area contributed by atoms with E-state index in [0.29, 0.717) is 5.92 Å². The Labute approximate surface area is 154 Å². The molecule has 3 rings (SSSR count). The van der Waals surface area contributed by atoms with E-state index in [0.717, 1.165) is 36.3 Å². The van der Waals surface area contributed by atoms with Crippen LogP contribution in [-0.2, 0) is 9.59 Å². The summed E-state index contributed by atoms with van der Waals surface area (Å²) in [5.74, 6) is 1.06. The molecular weight excluding hydrogens is 330 g/mol. The van der Waals surface area contributed by atoms with Gasteiger partial charge in [-0.25, -0.2) is 5.01 Å². The molecule has 2 amide bonds. The number of carbonyl (C=O) groups is 2. The minimum Gasteiger partial charge on any atom is -0.497 e. The normalized spacial score (nSPS) is 23.1. The molecule has 1 heterocycles. The second kappa shape index (κ2) is 8.25. The van der Waals surface area contributed by atoms with Crippen LogP contribution in [0.25, 0.3) is 5.70 Å². The predicted octanol–water partition coefficient (Wildman–Crippen LogP) is 2.47. The number of nitrogens with one attached hydrogen (secondary N) is 2. The van der Waals surface area contributed by atoms with Gasteiger partial charge in [0, 0.05) is 12.5 Å². The molecule has 0 spiro atoms. The number of hydrogen-bond acceptors (Lipinski definition) is 4. The summed E-state index contributed by atoms with van der Waals surface area (Å²) in [6, 6.07) is 7.81. The van der Waals surface area contributed by atoms with Crippen LogP contribution in [0.5, 0.6) is 5.75 Å². The molecular formula is C20H27N3O3. The number of benzene rings is 1. The fourth-order valence-corrected chi connectivity index (χ4v) is 3.56. The summed E-state index contributed by atoms with van der Waals surface area (Å²) in [4.78, 5) is 24.6. The van der Waals surface area contributed by atoms with Crippen molar-refractivity contribution in [3.05, 3.63) is 35.9 Å². The minimum absolute atomic E-state index is 0.0234. The van der Waals surface area contributed by atoms with E-state index in [-0.39, 0.29) is 30.8 Å². The molecule has 2 N–H and O–H groups in total. The van der Waals surface area contributed by atoms with Gasteiger partial charge >= 0.3 is 0 Å². The van der Waals surface area contributed by atoms with E-state index >= 15 is 0 Å². The van der Waals surface area contributed by atoms with Gasteiger partial charge in [-0.05, 0) is 54.7 Å². The molecule has 0 saturated heterocycles. The fraction of sp³-hybridized carbons (Fsp3) is 0.500. The Morgan fingerprint density at radius 2 is 2.00 bits per heavy atom. The number of ether oxygens (including phenoxy) is 1. The Hall–Kier alpha value is -2.50. The van der Waals surface area contributed by atoms with Crippen molar-refractivity contribution < 1.29 is 14.3 Å². The van der Waals surface area contributed by atoms with E-state index in [4.69, 9.17) is 4.74 Å². The Balaban J connectivity index is 1.60. The third-order valence-corrected chi connectivity index (χ3v) is 5.20. The summed E-state index contributed by atoms with van der Waals surface area (Å²) in [6.45, 7) is 2.20. The third kappa shape index (κ3) is 4.36. The molecule has 0 aromatic heterocycles. The number of amides is 2. The SMILES string of the molecule is COc1ccc(C2=CCC(=O)N(CC(=O)NC3CCCCC3C)N2)cc1. The molecule has 2 aliphatic rings. The maximum Gasteiger partial charge on any atom is 0.245 e. The van der Waals surface area contributed by atoms with Crippen LogP contribution in [0.4, 0.5) is 0 Å². The molecule has 0 bridgehead atoms. The van der Waals surface area contributed by atoms with Crippen LogP contribution < -0.4 is 15.5 Å². The maximum absolute atomic E-state index is 12.4. The first kappa shape index (κ1) is 18.3. The average molecular weight is 357 g/mol. The zero-order valence-electron chi connectivity index (χ0n) is 15.5. The predicted molar refractivity (Wildman–Crippen MR) is 100.0 cm³/mol. The van der Waals surface area contributed by atoms with Crippen LogP contribution in [0.2, 0.25) is 0 Å². The smallest absolute Gasteiger partial charge is 0.245 e. The molecule has 1 saturated carbocycles. The molecule has 1 fully saturated rings. The first-order valence-electron chi connectivity index (χ1n) is 9.28. The summed E-state index contributed by atoms with van der Waals surface area (Å²) >= 11 is 0. The van der Waals surface area contributed by atoms with E-state index in [1.165, 1.54) is 11.4 Å². The van der Waals surface area contributed by atoms with E-state index in [2.05, 4.69) is 17.7 Å². The summed E-state index contributed by atoms with van der Waals surface area (Å²) in [7, 11) is 1.62. The van der Waals surface area contributed by atoms with Gasteiger partial charge in [0.1, 0.15) is 12.3 Å². The highest BCUT2D eigenvalue weighted by Gasteiger charge is 2.26. The van der Waals surface area contributed by atoms with E-state index in [1.54, 1.807) is 7.11 Å². The van der Waals surface area contributed by atoms with Gasteiger partial charge in [0.15, 0.2) is 0 Å². The lowest BCUT2D eigenvalue weighted by Gasteiger charge is -2.32. The van der Waals surface area contributed by atoms with E-state index in [1.807, 2.05) is 30.3 Å². The van der Waals surface area contributed by atoms with Crippen molar-refractivity contribution >= 4 is 17.5 Å². The first-order chi connectivity index (χ1) is 12.6. The van der Waals surface area contributed by atoms with Crippen LogP contribution >= 0.6 is 0 Å². The Bertz CT molecular complexity index is 684. The van der Waals surface area contributed by atoms with Crippen LogP contribution in [0.3, 0.4) is 0 Å². The first-order valence-corrected chi connectivity index (χ1v) is 9.28. The standard InChI is InChI=1S/C20H27N3O3/c1-14-5-3-4-6-17(14)21-19(24)13-23-20(25)12-11-18(22-23)15-7-9-16(26-2)10-8-15/h7-11,14,17,22H,3-6,12-13H2,1-2H3,(H,21,24). The molecule has 1 aliphatic carbocycles. The van der Waals surface area contributed by atoms with Gasteiger partial charge in [-0.3, -0.25) is 15.0 Å². The van der Waals surface area contributed by atoms with Gasteiger partial charge in [0.25, 0.3) is 0 Å². The monoisotopic (exact) mass is 357 g/mol. The molecule has 1 aromatic carbocycles. The van der Waals surface area contributed by atoms with Crippen LogP contribution in [0.1, 0.15) is 44.6 Å². The fourth-order valence-electron chi connectivity index (χ4n) is 3.56. The van der Waals surface area contributed by atoms with Gasteiger partial charge in [-0.15, -0.1) is 0 Å². The zero-order valence-corrected chi connectivity index (χ0v) is 15.5. The highest BCUT2D eigenvalue weighted by molar-refractivity contribution is 5.88. The van der Waals surface area contributed by atoms with Gasteiger partial charge in [0.2, 0.25) is 11.8 Å². The highest BCUT2D eigenvalue weighted by atomic mass is 16.5. The average Bonchev–Trinajstić information content (AvgIpc) is 2.65. The van der Waals surface area contributed by atoms with Crippen molar-refractivity contribution in [2.75, 3.05) is 13.7 Å². The number of carbonyl (C=O) groups excluding carboxylic acids is 2. The largest absolute Gasteiger partial charge is 0.497 e. The second-order valence-corrected chi connectivity index (χ2v) is 7.08. The van der Waals surface area contributed by atoms with Gasteiger partial charge in [0.05, 0.1) is 12.8 Å². The van der Waals surface area contributed by atoms with Crippen molar-refractivity contribution in [3.8, 4) is 5.75 Å². The lowest BCUT2D eigenvalue weighted by atomic mass is 9.86. The van der Waals surface area contributed by atoms with Gasteiger partial charge in [-0.1, -0.05) is 19.8 Å². The summed E-state index contributed by atoms with van der Waals surface area (Å²) < 4.78 is 5.17. The minimum atomic E-state index is -0.111. The zero-order chi connectivity index (χ0) is 18.5. The number of rotatable bonds is 5. The summed E-state index contributed by atoms with van der Waals surface area (Å²) in [6.07, 6.45) is 6.68. The molecule has 6 heteroatoms. The van der Waals surface area contributed by atoms with Crippen molar-refractivity contribution in [1.29, 1.82) is 0 Å². The van der Waals surface area contributed by atoms with Crippen molar-refractivity contribution in [1.82, 2.24) is 15.8 Å². The number of methoxy groups -OCH3 is 1. The molecule has 2 unspecified atom stereocenters. The number of hydrogen-bond donors (Lipinski definition) is 2. The van der Waals surface area contributed by atoms with Crippen molar-refractivity contribution in [2.45, 2.75) is 45.1 Å². The Morgan fingerprint density at radius 1 is 1.27 bits per heavy atom. The number of nitrogens with zero attached hydrogens (tertiary/aromatic N) is 1. The van der Waals surface area contributed by atoms with Crippen LogP contribution in [-0.4, -0.2) is 36.5 Å². The van der Waals surface area contributed by atoms with Crippen LogP contribution in [0.15, 0.2) is 30.3 Å². The molecule has 1 aliphatic heterocycles. The highest BCUT2D eigenvalue weighted by Crippen LogP contribution is 2.24. The van der Waals surface area contributed by atoms with Crippen molar-refractivity contribution in [3.63, 3.8) is 0 Å². The second-order valence-electron chi connectivity index (χ2n) is 7.08. The van der Waals surface area contributed by atoms with Gasteiger partial charge < -0.3 is 10.1 Å². The number of hydrazine groups is 1. The lowest BCUT2D eigenvalue weighted by molar-refractivity contribution is -0.138. The van der Waals surface area contributed by atoms with E-state index in [9.17, 15) is 9.59 Å². The maximum atomic E-state index is 12.4. The summed E-state index contributed by atoms with van der Waals surface area (Å²) in [5, 5.41) is 4.50. The Morgan fingerprint density at radius 3 is 2.69 bits per heavy atom. The quantitative estimate of drug-likeness (QED) is 0.849. The topological polar surface area (TPSA) is 70.7 Å². The van der Waals surface area contributed by atoms with Crippen molar-refractivity contribution in [2.24, 2.45) is 5.92 Å². The van der Waals surface area contributed by atoms with E-state index < -0.39 is 0 Å². The molecule has 140 valence electrons. The molecule has 26 heavy (non-hydrogen) atoms. The van der Waals surface area contributed by atoms with Gasteiger partial charge in [-0.2, -0.15) is 0 Å². The Kier molecular flexibility index (Phi) is 5.81. The van der Waals surface area contributed by atoms with Crippen LogP contribution in [0, 0.1) is 5.92 Å². The molecule has 2 atom stereocenters. The summed E-state index contributed by atoms with van der Waals surface area (Å²) in [5.41, 5.74) is 4.85. The molecule has 6 nitrogen and oxygen atoms in total. The lowest BCUT2D eigenvalue weighted by Crippen LogP contribution is -2.51.